The molecule has 1 unspecified atom stereocenters. The normalized spacial score (nSPS) is 21.1. The van der Waals surface area contributed by atoms with E-state index in [0.717, 1.165) is 54.4 Å². The maximum atomic E-state index is 12.4. The van der Waals surface area contributed by atoms with Crippen LogP contribution in [0.25, 0.3) is 10.4 Å². The lowest BCUT2D eigenvalue weighted by Crippen LogP contribution is -2.52. The Kier molecular flexibility index (Phi) is 8.45. The maximum absolute atomic E-state index is 12.4. The van der Waals surface area contributed by atoms with Crippen molar-refractivity contribution in [1.29, 1.82) is 0 Å². The van der Waals surface area contributed by atoms with Gasteiger partial charge in [-0.25, -0.2) is 14.4 Å². The van der Waals surface area contributed by atoms with Gasteiger partial charge in [-0.2, -0.15) is 0 Å². The molecule has 3 N–H and O–H groups in total. The molecule has 3 aliphatic heterocycles. The fourth-order valence-electron chi connectivity index (χ4n) is 3.91. The summed E-state index contributed by atoms with van der Waals surface area (Å²) in [5.74, 6) is -1.22. The van der Waals surface area contributed by atoms with Crippen LogP contribution in [0.4, 0.5) is 10.5 Å². The number of piperidine rings is 3. The molecule has 0 aliphatic carbocycles. The van der Waals surface area contributed by atoms with Gasteiger partial charge in [-0.3, -0.25) is 10.2 Å². The summed E-state index contributed by atoms with van der Waals surface area (Å²) >= 11 is 1.57. The zero-order chi connectivity index (χ0) is 23.8. The molecule has 3 fully saturated rings. The van der Waals surface area contributed by atoms with Crippen molar-refractivity contribution in [1.82, 2.24) is 4.90 Å². The van der Waals surface area contributed by atoms with E-state index in [-0.39, 0.29) is 12.2 Å². The number of aliphatic carboxylic acids is 2. The lowest BCUT2D eigenvalue weighted by molar-refractivity contribution is -0.134. The first kappa shape index (κ1) is 24.3. The third kappa shape index (κ3) is 6.80. The van der Waals surface area contributed by atoms with Gasteiger partial charge in [-0.1, -0.05) is 12.1 Å². The number of anilines is 1. The molecular formula is C23H26N2O7S. The standard InChI is InChI=1S/C19H22N2O3S.C4H4O4/c1-23-16-5-3-2-4-14(16)18-15(8-11-25-18)20-19(22)24-17-12-21-9-6-13(17)7-10-21;5-3(6)1-2-4(7)8/h2-5,8,11,13,17H,6-7,9-10,12H2,1H3,(H,20,22);1-2H,(H,5,6)(H,7,8)/b;2-1+. The Labute approximate surface area is 195 Å². The number of carbonyl (C=O) groups excluding carboxylic acids is 1. The molecule has 0 radical (unpaired) electrons. The zero-order valence-electron chi connectivity index (χ0n) is 18.1. The number of carboxylic acid groups (broad SMARTS) is 2. The van der Waals surface area contributed by atoms with Crippen LogP contribution < -0.4 is 10.1 Å². The van der Waals surface area contributed by atoms with E-state index in [1.165, 1.54) is 0 Å². The molecular weight excluding hydrogens is 448 g/mol. The van der Waals surface area contributed by atoms with Crippen molar-refractivity contribution < 1.29 is 34.1 Å². The molecule has 4 heterocycles. The number of benzene rings is 1. The Hall–Kier alpha value is -3.37. The molecule has 5 rings (SSSR count). The SMILES string of the molecule is COc1ccccc1-c1sccc1NC(=O)OC1CN2CCC1CC2.O=C(O)/C=C/C(=O)O. The number of nitrogens with zero attached hydrogens (tertiary/aromatic N) is 1. The molecule has 33 heavy (non-hydrogen) atoms. The molecule has 1 aromatic heterocycles. The topological polar surface area (TPSA) is 125 Å². The van der Waals surface area contributed by atoms with Crippen molar-refractivity contribution in [3.05, 3.63) is 47.9 Å². The first-order valence-electron chi connectivity index (χ1n) is 10.4. The molecule has 1 atom stereocenters. The number of carboxylic acids is 2. The van der Waals surface area contributed by atoms with E-state index in [1.54, 1.807) is 18.4 Å². The summed E-state index contributed by atoms with van der Waals surface area (Å²) in [6, 6.07) is 9.72. The summed E-state index contributed by atoms with van der Waals surface area (Å²) in [7, 11) is 1.65. The van der Waals surface area contributed by atoms with Crippen LogP contribution in [-0.4, -0.2) is 66.0 Å². The van der Waals surface area contributed by atoms with Gasteiger partial charge in [-0.05, 0) is 55.4 Å². The van der Waals surface area contributed by atoms with Crippen molar-refractivity contribution in [3.8, 4) is 16.2 Å². The quantitative estimate of drug-likeness (QED) is 0.540. The minimum Gasteiger partial charge on any atom is -0.496 e. The van der Waals surface area contributed by atoms with E-state index in [1.807, 2.05) is 35.7 Å². The molecule has 2 bridgehead atoms. The van der Waals surface area contributed by atoms with Crippen molar-refractivity contribution in [2.75, 3.05) is 32.1 Å². The first-order chi connectivity index (χ1) is 15.9. The van der Waals surface area contributed by atoms with Crippen LogP contribution in [-0.2, 0) is 14.3 Å². The largest absolute Gasteiger partial charge is 0.496 e. The predicted octanol–water partition coefficient (Wildman–Crippen LogP) is 3.78. The lowest BCUT2D eigenvalue weighted by atomic mass is 9.86. The van der Waals surface area contributed by atoms with E-state index in [4.69, 9.17) is 19.7 Å². The second kappa shape index (κ2) is 11.5. The Bertz CT molecular complexity index is 996. The second-order valence-electron chi connectivity index (χ2n) is 7.58. The summed E-state index contributed by atoms with van der Waals surface area (Å²) in [4.78, 5) is 34.9. The molecule has 2 aromatic rings. The van der Waals surface area contributed by atoms with E-state index < -0.39 is 11.9 Å². The number of thiophene rings is 1. The van der Waals surface area contributed by atoms with Crippen LogP contribution in [0.2, 0.25) is 0 Å². The van der Waals surface area contributed by atoms with Gasteiger partial charge in [0.25, 0.3) is 0 Å². The molecule has 10 heteroatoms. The Morgan fingerprint density at radius 3 is 2.33 bits per heavy atom. The minimum absolute atomic E-state index is 0.0100. The summed E-state index contributed by atoms with van der Waals surface area (Å²) < 4.78 is 11.2. The number of ether oxygens (including phenoxy) is 2. The van der Waals surface area contributed by atoms with Crippen LogP contribution in [0.5, 0.6) is 5.75 Å². The first-order valence-corrected chi connectivity index (χ1v) is 11.3. The van der Waals surface area contributed by atoms with E-state index in [9.17, 15) is 14.4 Å². The summed E-state index contributed by atoms with van der Waals surface area (Å²) in [6.45, 7) is 3.13. The maximum Gasteiger partial charge on any atom is 0.411 e. The Morgan fingerprint density at radius 1 is 1.09 bits per heavy atom. The highest BCUT2D eigenvalue weighted by molar-refractivity contribution is 7.14. The number of nitrogens with one attached hydrogen (secondary N) is 1. The molecule has 0 saturated carbocycles. The fraction of sp³-hybridized carbons (Fsp3) is 0.348. The predicted molar refractivity (Wildman–Crippen MR) is 124 cm³/mol. The number of fused-ring (bicyclic) bond motifs is 3. The summed E-state index contributed by atoms with van der Waals surface area (Å²) in [5, 5.41) is 20.5. The van der Waals surface area contributed by atoms with Crippen LogP contribution in [0.3, 0.4) is 0 Å². The number of methoxy groups -OCH3 is 1. The summed E-state index contributed by atoms with van der Waals surface area (Å²) in [5.41, 5.74) is 1.74. The van der Waals surface area contributed by atoms with Gasteiger partial charge in [0.2, 0.25) is 0 Å². The Morgan fingerprint density at radius 2 is 1.76 bits per heavy atom. The van der Waals surface area contributed by atoms with Gasteiger partial charge >= 0.3 is 18.0 Å². The van der Waals surface area contributed by atoms with E-state index in [2.05, 4.69) is 10.2 Å². The van der Waals surface area contributed by atoms with Gasteiger partial charge in [0.1, 0.15) is 11.9 Å². The van der Waals surface area contributed by atoms with E-state index >= 15 is 0 Å². The van der Waals surface area contributed by atoms with Gasteiger partial charge in [0.15, 0.2) is 0 Å². The van der Waals surface area contributed by atoms with Gasteiger partial charge in [-0.15, -0.1) is 11.3 Å². The average Bonchev–Trinajstić information content (AvgIpc) is 3.26. The highest BCUT2D eigenvalue weighted by Gasteiger charge is 2.36. The van der Waals surface area contributed by atoms with E-state index in [0.29, 0.717) is 18.1 Å². The molecule has 0 spiro atoms. The third-order valence-corrected chi connectivity index (χ3v) is 6.42. The number of carbonyl (C=O) groups is 3. The second-order valence-corrected chi connectivity index (χ2v) is 8.50. The van der Waals surface area contributed by atoms with Crippen molar-refractivity contribution >= 4 is 35.1 Å². The number of para-hydroxylation sites is 1. The van der Waals surface area contributed by atoms with Crippen LogP contribution >= 0.6 is 11.3 Å². The highest BCUT2D eigenvalue weighted by Crippen LogP contribution is 2.39. The molecule has 3 aliphatic rings. The number of amides is 1. The number of hydrogen-bond donors (Lipinski definition) is 3. The van der Waals surface area contributed by atoms with Gasteiger partial charge in [0, 0.05) is 24.3 Å². The van der Waals surface area contributed by atoms with Crippen LogP contribution in [0.15, 0.2) is 47.9 Å². The van der Waals surface area contributed by atoms with Gasteiger partial charge < -0.3 is 19.7 Å². The lowest BCUT2D eigenvalue weighted by Gasteiger charge is -2.43. The average molecular weight is 475 g/mol. The molecule has 176 valence electrons. The monoisotopic (exact) mass is 474 g/mol. The molecule has 1 aromatic carbocycles. The van der Waals surface area contributed by atoms with Crippen LogP contribution in [0.1, 0.15) is 12.8 Å². The number of rotatable bonds is 6. The van der Waals surface area contributed by atoms with Crippen molar-refractivity contribution in [2.24, 2.45) is 5.92 Å². The third-order valence-electron chi connectivity index (χ3n) is 5.48. The van der Waals surface area contributed by atoms with Crippen molar-refractivity contribution in [2.45, 2.75) is 18.9 Å². The molecule has 1 amide bonds. The Balaban J connectivity index is 0.000000331. The minimum atomic E-state index is -1.26. The molecule has 9 nitrogen and oxygen atoms in total. The highest BCUT2D eigenvalue weighted by atomic mass is 32.1. The number of hydrogen-bond acceptors (Lipinski definition) is 7. The smallest absolute Gasteiger partial charge is 0.411 e. The van der Waals surface area contributed by atoms with Gasteiger partial charge in [0.05, 0.1) is 17.7 Å². The summed E-state index contributed by atoms with van der Waals surface area (Å²) in [6.07, 6.45) is 3.01. The fourth-order valence-corrected chi connectivity index (χ4v) is 4.79. The van der Waals surface area contributed by atoms with Crippen molar-refractivity contribution in [3.63, 3.8) is 0 Å². The van der Waals surface area contributed by atoms with Crippen LogP contribution in [0, 0.1) is 5.92 Å². The molecule has 3 saturated heterocycles. The zero-order valence-corrected chi connectivity index (χ0v) is 18.9.